The third-order valence-electron chi connectivity index (χ3n) is 5.00. The molecular weight excluding hydrogens is 404 g/mol. The maximum absolute atomic E-state index is 12.9. The van der Waals surface area contributed by atoms with Gasteiger partial charge in [0.25, 0.3) is 5.91 Å². The van der Waals surface area contributed by atoms with E-state index in [4.69, 9.17) is 0 Å². The number of carbonyl (C=O) groups excluding carboxylic acids is 1. The largest absolute Gasteiger partial charge is 0.345 e. The Kier molecular flexibility index (Phi) is 5.19. The van der Waals surface area contributed by atoms with Crippen molar-refractivity contribution in [3.63, 3.8) is 0 Å². The minimum atomic E-state index is -3.35. The van der Waals surface area contributed by atoms with Gasteiger partial charge in [0, 0.05) is 10.6 Å². The van der Waals surface area contributed by atoms with Crippen LogP contribution in [-0.2, 0) is 22.9 Å². The predicted octanol–water partition coefficient (Wildman–Crippen LogP) is 4.38. The van der Waals surface area contributed by atoms with Crippen LogP contribution in [-0.4, -0.2) is 20.6 Å². The lowest BCUT2D eigenvalue weighted by Gasteiger charge is -2.15. The monoisotopic (exact) mass is 426 g/mol. The van der Waals surface area contributed by atoms with Crippen LogP contribution in [0.5, 0.6) is 0 Å². The summed E-state index contributed by atoms with van der Waals surface area (Å²) in [7, 11) is -3.35. The summed E-state index contributed by atoms with van der Waals surface area (Å²) in [6, 6.07) is 17.2. The molecule has 1 aliphatic rings. The fourth-order valence-corrected chi connectivity index (χ4v) is 5.35. The molecule has 5 nitrogen and oxygen atoms in total. The van der Waals surface area contributed by atoms with Gasteiger partial charge in [0.05, 0.1) is 17.2 Å². The highest BCUT2D eigenvalue weighted by Crippen LogP contribution is 2.39. The molecule has 2 N–H and O–H groups in total. The molecule has 29 heavy (non-hydrogen) atoms. The van der Waals surface area contributed by atoms with Crippen LogP contribution in [0.1, 0.15) is 39.3 Å². The van der Waals surface area contributed by atoms with Crippen molar-refractivity contribution >= 4 is 33.0 Å². The Labute approximate surface area is 174 Å². The molecule has 0 radical (unpaired) electrons. The van der Waals surface area contributed by atoms with Crippen LogP contribution in [0.4, 0.5) is 5.69 Å². The Bertz CT molecular complexity index is 1180. The normalized spacial score (nSPS) is 13.9. The van der Waals surface area contributed by atoms with E-state index in [1.165, 1.54) is 32.9 Å². The molecule has 3 aromatic rings. The van der Waals surface area contributed by atoms with E-state index in [0.717, 1.165) is 24.7 Å². The molecule has 1 unspecified atom stereocenters. The van der Waals surface area contributed by atoms with E-state index >= 15 is 0 Å². The van der Waals surface area contributed by atoms with Crippen LogP contribution < -0.4 is 10.0 Å². The first-order chi connectivity index (χ1) is 13.8. The average molecular weight is 427 g/mol. The number of amides is 1. The number of benzene rings is 2. The zero-order chi connectivity index (χ0) is 20.6. The number of sulfonamides is 1. The van der Waals surface area contributed by atoms with Gasteiger partial charge in [-0.15, -0.1) is 11.3 Å². The molecule has 1 heterocycles. The predicted molar refractivity (Wildman–Crippen MR) is 118 cm³/mol. The molecule has 0 aliphatic heterocycles. The van der Waals surface area contributed by atoms with Gasteiger partial charge in [-0.2, -0.15) is 0 Å². The van der Waals surface area contributed by atoms with E-state index < -0.39 is 10.0 Å². The van der Waals surface area contributed by atoms with Crippen molar-refractivity contribution in [2.24, 2.45) is 0 Å². The average Bonchev–Trinajstić information content (AvgIpc) is 3.12. The van der Waals surface area contributed by atoms with Crippen molar-refractivity contribution < 1.29 is 13.2 Å². The Hall–Kier alpha value is -2.64. The second-order valence-corrected chi connectivity index (χ2v) is 10.1. The second-order valence-electron chi connectivity index (χ2n) is 7.32. The van der Waals surface area contributed by atoms with Crippen molar-refractivity contribution in [1.29, 1.82) is 0 Å². The lowest BCUT2D eigenvalue weighted by Crippen LogP contribution is -2.26. The summed E-state index contributed by atoms with van der Waals surface area (Å²) in [5.41, 5.74) is 5.10. The molecule has 7 heteroatoms. The number of carbonyl (C=O) groups is 1. The van der Waals surface area contributed by atoms with Gasteiger partial charge in [-0.3, -0.25) is 9.52 Å². The van der Waals surface area contributed by atoms with Crippen molar-refractivity contribution in [3.8, 4) is 10.4 Å². The maximum Gasteiger partial charge on any atom is 0.261 e. The number of hydrogen-bond acceptors (Lipinski definition) is 4. The summed E-state index contributed by atoms with van der Waals surface area (Å²) < 4.78 is 25.4. The first kappa shape index (κ1) is 19.7. The number of aryl methyl sites for hydroxylation is 2. The molecular formula is C22H22N2O3S2. The van der Waals surface area contributed by atoms with E-state index in [0.29, 0.717) is 10.6 Å². The third kappa shape index (κ3) is 4.36. The standard InChI is InChI=1S/C22H22N2O3S2/c1-14(16-7-5-8-18(12-16)24-29(2,26)27)23-22(25)20-13-17-11-10-15-6-3-4-9-19(15)21(17)28-20/h3-9,12-14,24H,10-11H2,1-2H3,(H,23,25). The second kappa shape index (κ2) is 7.65. The van der Waals surface area contributed by atoms with Crippen molar-refractivity contribution in [3.05, 3.63) is 76.2 Å². The Balaban J connectivity index is 1.52. The van der Waals surface area contributed by atoms with Crippen molar-refractivity contribution in [1.82, 2.24) is 5.32 Å². The van der Waals surface area contributed by atoms with Gasteiger partial charge in [0.1, 0.15) is 0 Å². The zero-order valence-electron chi connectivity index (χ0n) is 16.2. The van der Waals surface area contributed by atoms with Gasteiger partial charge >= 0.3 is 0 Å². The Morgan fingerprint density at radius 3 is 2.59 bits per heavy atom. The number of nitrogens with one attached hydrogen (secondary N) is 2. The van der Waals surface area contributed by atoms with E-state index in [2.05, 4.69) is 28.2 Å². The highest BCUT2D eigenvalue weighted by molar-refractivity contribution is 7.92. The molecule has 1 aromatic heterocycles. The SMILES string of the molecule is CC(NC(=O)c1cc2c(s1)-c1ccccc1CC2)c1cccc(NS(C)(=O)=O)c1. The molecule has 0 saturated heterocycles. The molecule has 0 bridgehead atoms. The number of thiophene rings is 1. The molecule has 0 spiro atoms. The van der Waals surface area contributed by atoms with Gasteiger partial charge in [-0.25, -0.2) is 8.42 Å². The summed E-state index contributed by atoms with van der Waals surface area (Å²) in [5.74, 6) is -0.115. The summed E-state index contributed by atoms with van der Waals surface area (Å²) in [5, 5.41) is 3.03. The van der Waals surface area contributed by atoms with Gasteiger partial charge in [-0.05, 0) is 60.2 Å². The van der Waals surface area contributed by atoms with Crippen LogP contribution in [0, 0.1) is 0 Å². The zero-order valence-corrected chi connectivity index (χ0v) is 17.9. The van der Waals surface area contributed by atoms with Gasteiger partial charge < -0.3 is 5.32 Å². The van der Waals surface area contributed by atoms with Gasteiger partial charge in [-0.1, -0.05) is 36.4 Å². The van der Waals surface area contributed by atoms with E-state index in [1.807, 2.05) is 25.1 Å². The first-order valence-corrected chi connectivity index (χ1v) is 12.1. The molecule has 0 fully saturated rings. The lowest BCUT2D eigenvalue weighted by atomic mass is 9.91. The smallest absolute Gasteiger partial charge is 0.261 e. The van der Waals surface area contributed by atoms with Crippen LogP contribution >= 0.6 is 11.3 Å². The van der Waals surface area contributed by atoms with Crippen LogP contribution in [0.25, 0.3) is 10.4 Å². The highest BCUT2D eigenvalue weighted by atomic mass is 32.2. The molecule has 150 valence electrons. The minimum absolute atomic E-state index is 0.115. The summed E-state index contributed by atoms with van der Waals surface area (Å²) in [6.07, 6.45) is 3.06. The fourth-order valence-electron chi connectivity index (χ4n) is 3.62. The minimum Gasteiger partial charge on any atom is -0.345 e. The quantitative estimate of drug-likeness (QED) is 0.636. The Morgan fingerprint density at radius 2 is 1.79 bits per heavy atom. The topological polar surface area (TPSA) is 75.3 Å². The van der Waals surface area contributed by atoms with E-state index in [-0.39, 0.29) is 11.9 Å². The van der Waals surface area contributed by atoms with Crippen LogP contribution in [0.3, 0.4) is 0 Å². The first-order valence-electron chi connectivity index (χ1n) is 9.40. The highest BCUT2D eigenvalue weighted by Gasteiger charge is 2.22. The summed E-state index contributed by atoms with van der Waals surface area (Å²) in [6.45, 7) is 1.89. The van der Waals surface area contributed by atoms with Crippen LogP contribution in [0.2, 0.25) is 0 Å². The third-order valence-corrected chi connectivity index (χ3v) is 6.81. The van der Waals surface area contributed by atoms with Gasteiger partial charge in [0.15, 0.2) is 0 Å². The summed E-state index contributed by atoms with van der Waals surface area (Å²) in [4.78, 5) is 14.7. The van der Waals surface area contributed by atoms with E-state index in [1.54, 1.807) is 18.2 Å². The maximum atomic E-state index is 12.9. The number of rotatable bonds is 5. The Morgan fingerprint density at radius 1 is 1.03 bits per heavy atom. The van der Waals surface area contributed by atoms with E-state index in [9.17, 15) is 13.2 Å². The number of hydrogen-bond donors (Lipinski definition) is 2. The number of fused-ring (bicyclic) bond motifs is 3. The molecule has 1 atom stereocenters. The molecule has 1 aliphatic carbocycles. The summed E-state index contributed by atoms with van der Waals surface area (Å²) >= 11 is 1.53. The fraction of sp³-hybridized carbons (Fsp3) is 0.227. The van der Waals surface area contributed by atoms with Gasteiger partial charge in [0.2, 0.25) is 10.0 Å². The lowest BCUT2D eigenvalue weighted by molar-refractivity contribution is 0.0944. The van der Waals surface area contributed by atoms with Crippen molar-refractivity contribution in [2.75, 3.05) is 11.0 Å². The molecule has 0 saturated carbocycles. The molecule has 1 amide bonds. The molecule has 4 rings (SSSR count). The van der Waals surface area contributed by atoms with Crippen molar-refractivity contribution in [2.45, 2.75) is 25.8 Å². The number of anilines is 1. The molecule has 2 aromatic carbocycles. The van der Waals surface area contributed by atoms with Crippen LogP contribution in [0.15, 0.2) is 54.6 Å².